The minimum Gasteiger partial charge on any atom is -0.507 e. The molecule has 2 unspecified atom stereocenters. The molecule has 41 heavy (non-hydrogen) atoms. The largest absolute Gasteiger partial charge is 0.507 e. The number of ketones is 1. The molecule has 0 bridgehead atoms. The molecular weight excluding hydrogens is 612 g/mol. The van der Waals surface area contributed by atoms with E-state index in [1.165, 1.54) is 29.4 Å². The molecule has 210 valence electrons. The third-order valence-electron chi connectivity index (χ3n) is 7.07. The zero-order valence-electron chi connectivity index (χ0n) is 22.3. The second kappa shape index (κ2) is 10.4. The molecule has 4 aromatic rings. The summed E-state index contributed by atoms with van der Waals surface area (Å²) in [6.07, 6.45) is 0.656. The molecule has 1 aromatic heterocycles. The number of phenolic OH excluding ortho intramolecular Hbond substituents is 1. The molecule has 0 aliphatic carbocycles. The molecular formula is C30H25BrN2O7S. The molecule has 3 heterocycles. The van der Waals surface area contributed by atoms with E-state index in [1.54, 1.807) is 36.4 Å². The Bertz CT molecular complexity index is 1770. The Balaban J connectivity index is 1.55. The molecule has 1 fully saturated rings. The van der Waals surface area contributed by atoms with Crippen LogP contribution in [0.2, 0.25) is 0 Å². The van der Waals surface area contributed by atoms with Crippen molar-refractivity contribution in [1.29, 1.82) is 0 Å². The number of phenols is 1. The summed E-state index contributed by atoms with van der Waals surface area (Å²) >= 11 is 4.58. The van der Waals surface area contributed by atoms with Gasteiger partial charge in [-0.05, 0) is 89.4 Å². The summed E-state index contributed by atoms with van der Waals surface area (Å²) in [5, 5.41) is 22.3. The third kappa shape index (κ3) is 4.58. The van der Waals surface area contributed by atoms with Crippen molar-refractivity contribution in [2.24, 2.45) is 0 Å². The maximum Gasteiger partial charge on any atom is 0.301 e. The van der Waals surface area contributed by atoms with Gasteiger partial charge in [0.1, 0.15) is 23.4 Å². The van der Waals surface area contributed by atoms with Crippen LogP contribution in [0.3, 0.4) is 0 Å². The SMILES string of the molecule is CCOc1ccc2nc(N3C(=O)C(=O)C(=C(O)c4ccc5c(c4)CC(C)O5)C3c3cc(Br)c(O)c(OC)c3)sc2c1. The highest BCUT2D eigenvalue weighted by Gasteiger charge is 2.48. The number of Topliss-reactive ketones (excluding diaryl/α,β-unsaturated/α-hetero) is 1. The third-order valence-corrected chi connectivity index (χ3v) is 8.69. The first-order valence-electron chi connectivity index (χ1n) is 12.9. The zero-order chi connectivity index (χ0) is 29.0. The highest BCUT2D eigenvalue weighted by molar-refractivity contribution is 9.10. The van der Waals surface area contributed by atoms with Crippen molar-refractivity contribution < 1.29 is 34.0 Å². The number of nitrogens with zero attached hydrogens (tertiary/aromatic N) is 2. The quantitative estimate of drug-likeness (QED) is 0.148. The predicted octanol–water partition coefficient (Wildman–Crippen LogP) is 6.12. The molecule has 3 aromatic carbocycles. The summed E-state index contributed by atoms with van der Waals surface area (Å²) in [7, 11) is 1.40. The minimum absolute atomic E-state index is 0.00272. The van der Waals surface area contributed by atoms with E-state index in [4.69, 9.17) is 14.2 Å². The first-order chi connectivity index (χ1) is 19.7. The van der Waals surface area contributed by atoms with Gasteiger partial charge in [0, 0.05) is 12.0 Å². The van der Waals surface area contributed by atoms with E-state index in [1.807, 2.05) is 19.9 Å². The number of ether oxygens (including phenoxy) is 3. The molecule has 0 saturated carbocycles. The lowest BCUT2D eigenvalue weighted by molar-refractivity contribution is -0.132. The van der Waals surface area contributed by atoms with Crippen LogP contribution in [-0.4, -0.2) is 46.7 Å². The number of methoxy groups -OCH3 is 1. The van der Waals surface area contributed by atoms with Gasteiger partial charge in [-0.25, -0.2) is 4.98 Å². The molecule has 2 aliphatic rings. The lowest BCUT2D eigenvalue weighted by atomic mass is 9.94. The van der Waals surface area contributed by atoms with Gasteiger partial charge in [-0.1, -0.05) is 11.3 Å². The number of amides is 1. The number of fused-ring (bicyclic) bond motifs is 2. The van der Waals surface area contributed by atoms with Gasteiger partial charge >= 0.3 is 5.91 Å². The normalized spacial score (nSPS) is 19.5. The van der Waals surface area contributed by atoms with Crippen LogP contribution >= 0.6 is 27.3 Å². The van der Waals surface area contributed by atoms with Gasteiger partial charge in [-0.2, -0.15) is 0 Å². The van der Waals surface area contributed by atoms with Crippen LogP contribution in [0, 0.1) is 0 Å². The number of aromatic hydroxyl groups is 1. The smallest absolute Gasteiger partial charge is 0.301 e. The summed E-state index contributed by atoms with van der Waals surface area (Å²) in [6.45, 7) is 4.34. The van der Waals surface area contributed by atoms with E-state index in [-0.39, 0.29) is 34.1 Å². The Morgan fingerprint density at radius 2 is 2.00 bits per heavy atom. The van der Waals surface area contributed by atoms with E-state index in [0.717, 1.165) is 16.0 Å². The van der Waals surface area contributed by atoms with Crippen LogP contribution < -0.4 is 19.1 Å². The minimum atomic E-state index is -1.06. The Morgan fingerprint density at radius 1 is 1.20 bits per heavy atom. The molecule has 1 saturated heterocycles. The standard InChI is InChI=1S/C30H25BrN2O7S/c1-4-39-18-6-7-20-23(13-18)41-30(32-20)33-25(17-11-19(31)27(35)22(12-17)38-3)24(28(36)29(33)37)26(34)15-5-8-21-16(10-15)9-14(2)40-21/h5-8,10-14,25,34-35H,4,9H2,1-3H3. The summed E-state index contributed by atoms with van der Waals surface area (Å²) in [5.74, 6) is -0.619. The first-order valence-corrected chi connectivity index (χ1v) is 14.5. The van der Waals surface area contributed by atoms with E-state index in [2.05, 4.69) is 20.9 Å². The highest BCUT2D eigenvalue weighted by Crippen LogP contribution is 2.48. The number of thiazole rings is 1. The van der Waals surface area contributed by atoms with Crippen LogP contribution in [-0.2, 0) is 16.0 Å². The molecule has 0 radical (unpaired) electrons. The van der Waals surface area contributed by atoms with Crippen LogP contribution in [0.1, 0.15) is 36.6 Å². The summed E-state index contributed by atoms with van der Waals surface area (Å²) in [5.41, 5.74) is 2.25. The van der Waals surface area contributed by atoms with Crippen LogP contribution in [0.25, 0.3) is 16.0 Å². The highest BCUT2D eigenvalue weighted by atomic mass is 79.9. The molecule has 2 N–H and O–H groups in total. The second-order valence-electron chi connectivity index (χ2n) is 9.74. The van der Waals surface area contributed by atoms with Crippen molar-refractivity contribution in [2.45, 2.75) is 32.4 Å². The van der Waals surface area contributed by atoms with E-state index >= 15 is 0 Å². The number of hydrogen-bond acceptors (Lipinski definition) is 9. The first kappa shape index (κ1) is 27.1. The average molecular weight is 638 g/mol. The number of aromatic nitrogens is 1. The Kier molecular flexibility index (Phi) is 6.87. The molecule has 1 amide bonds. The van der Waals surface area contributed by atoms with Crippen molar-refractivity contribution in [3.63, 3.8) is 0 Å². The number of carbonyl (C=O) groups excluding carboxylic acids is 2. The topological polar surface area (TPSA) is 118 Å². The average Bonchev–Trinajstić information content (AvgIpc) is 3.61. The van der Waals surface area contributed by atoms with E-state index in [0.29, 0.717) is 39.9 Å². The Labute approximate surface area is 247 Å². The molecule has 6 rings (SSSR count). The summed E-state index contributed by atoms with van der Waals surface area (Å²) in [6, 6.07) is 12.7. The number of rotatable bonds is 6. The number of carbonyl (C=O) groups is 2. The van der Waals surface area contributed by atoms with Gasteiger partial charge < -0.3 is 24.4 Å². The fraction of sp³-hybridized carbons (Fsp3) is 0.233. The summed E-state index contributed by atoms with van der Waals surface area (Å²) in [4.78, 5) is 33.3. The molecule has 9 nitrogen and oxygen atoms in total. The lowest BCUT2D eigenvalue weighted by Gasteiger charge is -2.24. The number of benzene rings is 3. The summed E-state index contributed by atoms with van der Waals surface area (Å²) < 4.78 is 17.8. The van der Waals surface area contributed by atoms with Crippen molar-refractivity contribution in [3.05, 3.63) is 75.3 Å². The number of aliphatic hydroxyl groups excluding tert-OH is 1. The van der Waals surface area contributed by atoms with E-state index in [9.17, 15) is 19.8 Å². The van der Waals surface area contributed by atoms with Crippen molar-refractivity contribution in [1.82, 2.24) is 4.98 Å². The fourth-order valence-electron chi connectivity index (χ4n) is 5.23. The lowest BCUT2D eigenvalue weighted by Crippen LogP contribution is -2.29. The maximum absolute atomic E-state index is 13.7. The molecule has 0 spiro atoms. The molecule has 2 atom stereocenters. The van der Waals surface area contributed by atoms with Crippen molar-refractivity contribution in [3.8, 4) is 23.0 Å². The van der Waals surface area contributed by atoms with Gasteiger partial charge in [0.05, 0.1) is 40.0 Å². The second-order valence-corrected chi connectivity index (χ2v) is 11.6. The predicted molar refractivity (Wildman–Crippen MR) is 158 cm³/mol. The van der Waals surface area contributed by atoms with Crippen molar-refractivity contribution in [2.75, 3.05) is 18.6 Å². The van der Waals surface area contributed by atoms with Crippen LogP contribution in [0.4, 0.5) is 5.13 Å². The molecule has 11 heteroatoms. The number of anilines is 1. The Hall–Kier alpha value is -4.09. The number of hydrogen-bond donors (Lipinski definition) is 2. The van der Waals surface area contributed by atoms with Gasteiger partial charge in [0.2, 0.25) is 0 Å². The van der Waals surface area contributed by atoms with Gasteiger partial charge in [0.15, 0.2) is 16.6 Å². The number of halogens is 1. The Morgan fingerprint density at radius 3 is 2.76 bits per heavy atom. The van der Waals surface area contributed by atoms with E-state index < -0.39 is 17.7 Å². The monoisotopic (exact) mass is 636 g/mol. The molecule has 2 aliphatic heterocycles. The zero-order valence-corrected chi connectivity index (χ0v) is 24.7. The van der Waals surface area contributed by atoms with Crippen LogP contribution in [0.15, 0.2) is 58.6 Å². The van der Waals surface area contributed by atoms with Gasteiger partial charge in [-0.15, -0.1) is 0 Å². The fourth-order valence-corrected chi connectivity index (χ4v) is 6.71. The van der Waals surface area contributed by atoms with Crippen LogP contribution in [0.5, 0.6) is 23.0 Å². The van der Waals surface area contributed by atoms with Gasteiger partial charge in [-0.3, -0.25) is 14.5 Å². The van der Waals surface area contributed by atoms with Gasteiger partial charge in [0.25, 0.3) is 5.78 Å². The van der Waals surface area contributed by atoms with Crippen molar-refractivity contribution >= 4 is 60.1 Å². The maximum atomic E-state index is 13.7. The number of aliphatic hydroxyl groups is 1.